The molecule has 5 heteroatoms. The number of ether oxygens (including phenoxy) is 1. The third-order valence-corrected chi connectivity index (χ3v) is 6.78. The van der Waals surface area contributed by atoms with Crippen LogP contribution in [0.2, 0.25) is 19.6 Å². The van der Waals surface area contributed by atoms with E-state index in [9.17, 15) is 9.59 Å². The Bertz CT molecular complexity index is 510. The number of methoxy groups -OCH3 is 1. The minimum atomic E-state index is -1.58. The maximum Gasteiger partial charge on any atom is 0.305 e. The molecule has 0 bridgehead atoms. The van der Waals surface area contributed by atoms with E-state index >= 15 is 0 Å². The van der Waals surface area contributed by atoms with E-state index < -0.39 is 8.32 Å². The molecule has 0 amide bonds. The standard InChI is InChI=1S/C24H44O4Si/c1-6-7-10-13-21(25)18-16-20-17-19-23(28-29(3,4)5)22(20)14-11-8-9-12-15-24(26)27-2/h16,18,20,22-23H,6-15,17,19H2,1-5H3/b18-16+. The first-order chi connectivity index (χ1) is 13.8. The van der Waals surface area contributed by atoms with Crippen LogP contribution in [0.5, 0.6) is 0 Å². The lowest BCUT2D eigenvalue weighted by atomic mass is 9.88. The highest BCUT2D eigenvalue weighted by atomic mass is 28.4. The Morgan fingerprint density at radius 3 is 2.31 bits per heavy atom. The fraction of sp³-hybridized carbons (Fsp3) is 0.833. The van der Waals surface area contributed by atoms with Gasteiger partial charge in [0, 0.05) is 18.9 Å². The topological polar surface area (TPSA) is 52.6 Å². The molecule has 1 rings (SSSR count). The summed E-state index contributed by atoms with van der Waals surface area (Å²) in [7, 11) is -0.132. The van der Waals surface area contributed by atoms with E-state index in [2.05, 4.69) is 32.6 Å². The molecule has 3 unspecified atom stereocenters. The number of hydrogen-bond donors (Lipinski definition) is 0. The van der Waals surface area contributed by atoms with Crippen molar-refractivity contribution in [2.45, 2.75) is 110 Å². The lowest BCUT2D eigenvalue weighted by Gasteiger charge is -2.29. The Morgan fingerprint density at radius 2 is 1.66 bits per heavy atom. The number of unbranched alkanes of at least 4 members (excludes halogenated alkanes) is 5. The maximum atomic E-state index is 12.2. The van der Waals surface area contributed by atoms with Crippen LogP contribution in [0.1, 0.15) is 84.0 Å². The van der Waals surface area contributed by atoms with Gasteiger partial charge in [-0.15, -0.1) is 0 Å². The predicted octanol–water partition coefficient (Wildman–Crippen LogP) is 6.45. The average Bonchev–Trinajstić information content (AvgIpc) is 3.02. The first kappa shape index (κ1) is 26.1. The van der Waals surface area contributed by atoms with Crippen molar-refractivity contribution >= 4 is 20.1 Å². The summed E-state index contributed by atoms with van der Waals surface area (Å²) in [5.74, 6) is 1.14. The number of allylic oxidation sites excluding steroid dienone is 2. The fourth-order valence-corrected chi connectivity index (χ4v) is 5.47. The lowest BCUT2D eigenvalue weighted by Crippen LogP contribution is -2.35. The molecule has 0 spiro atoms. The molecule has 0 N–H and O–H groups in total. The van der Waals surface area contributed by atoms with Gasteiger partial charge in [-0.1, -0.05) is 45.1 Å². The lowest BCUT2D eigenvalue weighted by molar-refractivity contribution is -0.140. The number of carbonyl (C=O) groups excluding carboxylic acids is 2. The second kappa shape index (κ2) is 14.1. The van der Waals surface area contributed by atoms with Gasteiger partial charge < -0.3 is 9.16 Å². The Morgan fingerprint density at radius 1 is 0.966 bits per heavy atom. The first-order valence-electron chi connectivity index (χ1n) is 11.7. The Hall–Kier alpha value is -0.943. The van der Waals surface area contributed by atoms with Crippen molar-refractivity contribution in [3.8, 4) is 0 Å². The molecule has 0 aromatic heterocycles. The van der Waals surface area contributed by atoms with Gasteiger partial charge in [0.1, 0.15) is 0 Å². The minimum absolute atomic E-state index is 0.113. The molecule has 0 radical (unpaired) electrons. The van der Waals surface area contributed by atoms with Crippen LogP contribution in [0.3, 0.4) is 0 Å². The number of ketones is 1. The van der Waals surface area contributed by atoms with Crippen LogP contribution in [0.25, 0.3) is 0 Å². The molecule has 3 atom stereocenters. The van der Waals surface area contributed by atoms with Gasteiger partial charge in [-0.25, -0.2) is 0 Å². The fourth-order valence-electron chi connectivity index (χ4n) is 4.27. The Labute approximate surface area is 179 Å². The molecule has 1 aliphatic rings. The highest BCUT2D eigenvalue weighted by molar-refractivity contribution is 6.69. The summed E-state index contributed by atoms with van der Waals surface area (Å²) in [6, 6.07) is 0. The van der Waals surface area contributed by atoms with E-state index in [1.807, 2.05) is 6.08 Å². The molecule has 168 valence electrons. The molecule has 1 aliphatic carbocycles. The second-order valence-corrected chi connectivity index (χ2v) is 13.9. The number of rotatable bonds is 15. The van der Waals surface area contributed by atoms with Crippen molar-refractivity contribution in [3.63, 3.8) is 0 Å². The molecular formula is C24H44O4Si. The van der Waals surface area contributed by atoms with Crippen molar-refractivity contribution in [2.24, 2.45) is 11.8 Å². The zero-order valence-corrected chi connectivity index (χ0v) is 20.5. The molecular weight excluding hydrogens is 380 g/mol. The zero-order chi connectivity index (χ0) is 21.7. The largest absolute Gasteiger partial charge is 0.469 e. The van der Waals surface area contributed by atoms with E-state index in [1.54, 1.807) is 0 Å². The van der Waals surface area contributed by atoms with Gasteiger partial charge in [0.2, 0.25) is 0 Å². The van der Waals surface area contributed by atoms with E-state index in [1.165, 1.54) is 7.11 Å². The van der Waals surface area contributed by atoms with Gasteiger partial charge >= 0.3 is 5.97 Å². The van der Waals surface area contributed by atoms with E-state index in [4.69, 9.17) is 9.16 Å². The molecule has 0 saturated heterocycles. The molecule has 0 heterocycles. The summed E-state index contributed by atoms with van der Waals surface area (Å²) < 4.78 is 11.2. The van der Waals surface area contributed by atoms with E-state index in [-0.39, 0.29) is 11.8 Å². The molecule has 0 aliphatic heterocycles. The van der Waals surface area contributed by atoms with Crippen LogP contribution in [0, 0.1) is 11.8 Å². The predicted molar refractivity (Wildman–Crippen MR) is 122 cm³/mol. The van der Waals surface area contributed by atoms with Crippen molar-refractivity contribution in [1.29, 1.82) is 0 Å². The number of esters is 1. The summed E-state index contributed by atoms with van der Waals surface area (Å²) in [4.78, 5) is 23.4. The van der Waals surface area contributed by atoms with Gasteiger partial charge in [0.05, 0.1) is 7.11 Å². The first-order valence-corrected chi connectivity index (χ1v) is 15.1. The normalized spacial score (nSPS) is 22.3. The van der Waals surface area contributed by atoms with Crippen LogP contribution in [0.4, 0.5) is 0 Å². The third-order valence-electron chi connectivity index (χ3n) is 5.77. The Kier molecular flexibility index (Phi) is 12.7. The van der Waals surface area contributed by atoms with Crippen molar-refractivity contribution < 1.29 is 18.8 Å². The highest BCUT2D eigenvalue weighted by Gasteiger charge is 2.37. The summed E-state index contributed by atoms with van der Waals surface area (Å²) in [6.45, 7) is 8.95. The molecule has 1 fully saturated rings. The SMILES string of the molecule is CCCCCC(=O)/C=C/C1CCC(O[Si](C)(C)C)C1CCCCCCC(=O)OC. The van der Waals surface area contributed by atoms with E-state index in [0.29, 0.717) is 30.8 Å². The van der Waals surface area contributed by atoms with Gasteiger partial charge in [0.25, 0.3) is 0 Å². The van der Waals surface area contributed by atoms with Crippen LogP contribution in [-0.4, -0.2) is 33.3 Å². The smallest absolute Gasteiger partial charge is 0.305 e. The molecule has 0 aromatic carbocycles. The Balaban J connectivity index is 2.53. The molecule has 4 nitrogen and oxygen atoms in total. The van der Waals surface area contributed by atoms with E-state index in [0.717, 1.165) is 64.2 Å². The maximum absolute atomic E-state index is 12.2. The molecule has 29 heavy (non-hydrogen) atoms. The van der Waals surface area contributed by atoms with Crippen molar-refractivity contribution in [1.82, 2.24) is 0 Å². The quantitative estimate of drug-likeness (QED) is 0.131. The van der Waals surface area contributed by atoms with Gasteiger partial charge in [-0.05, 0) is 69.7 Å². The van der Waals surface area contributed by atoms with Crippen molar-refractivity contribution in [3.05, 3.63) is 12.2 Å². The van der Waals surface area contributed by atoms with Crippen LogP contribution < -0.4 is 0 Å². The average molecular weight is 425 g/mol. The summed E-state index contributed by atoms with van der Waals surface area (Å²) in [5.41, 5.74) is 0. The monoisotopic (exact) mass is 424 g/mol. The number of hydrogen-bond acceptors (Lipinski definition) is 4. The minimum Gasteiger partial charge on any atom is -0.469 e. The summed E-state index contributed by atoms with van der Waals surface area (Å²) in [6.07, 6.45) is 16.5. The molecule has 0 aromatic rings. The van der Waals surface area contributed by atoms with Crippen LogP contribution >= 0.6 is 0 Å². The second-order valence-electron chi connectivity index (χ2n) is 9.49. The van der Waals surface area contributed by atoms with Crippen molar-refractivity contribution in [2.75, 3.05) is 7.11 Å². The highest BCUT2D eigenvalue weighted by Crippen LogP contribution is 2.39. The van der Waals surface area contributed by atoms with Gasteiger partial charge in [-0.2, -0.15) is 0 Å². The van der Waals surface area contributed by atoms with Crippen LogP contribution in [-0.2, 0) is 18.8 Å². The zero-order valence-electron chi connectivity index (χ0n) is 19.5. The van der Waals surface area contributed by atoms with Gasteiger partial charge in [-0.3, -0.25) is 9.59 Å². The summed E-state index contributed by atoms with van der Waals surface area (Å²) >= 11 is 0. The summed E-state index contributed by atoms with van der Waals surface area (Å²) in [5, 5.41) is 0. The van der Waals surface area contributed by atoms with Gasteiger partial charge in [0.15, 0.2) is 14.1 Å². The van der Waals surface area contributed by atoms with Crippen LogP contribution in [0.15, 0.2) is 12.2 Å². The third kappa shape index (κ3) is 11.7. The molecule has 1 saturated carbocycles. The number of carbonyl (C=O) groups is 2.